The maximum absolute atomic E-state index is 11.3. The smallest absolute Gasteiger partial charge is 0.163 e. The van der Waals surface area contributed by atoms with Crippen molar-refractivity contribution in [1.29, 1.82) is 0 Å². The summed E-state index contributed by atoms with van der Waals surface area (Å²) in [6, 6.07) is 3.93. The first-order chi connectivity index (χ1) is 5.70. The van der Waals surface area contributed by atoms with E-state index in [1.54, 1.807) is 0 Å². The maximum atomic E-state index is 11.3. The van der Waals surface area contributed by atoms with Gasteiger partial charge in [-0.2, -0.15) is 0 Å². The number of aryl methyl sites for hydroxylation is 1. The Balaban J connectivity index is 2.68. The molecule has 2 heteroatoms. The number of hydrogen-bond donors (Lipinski definition) is 0. The van der Waals surface area contributed by atoms with Crippen LogP contribution >= 0.6 is 15.9 Å². The first-order valence-electron chi connectivity index (χ1n) is 4.01. The fourth-order valence-corrected chi connectivity index (χ4v) is 2.16. The summed E-state index contributed by atoms with van der Waals surface area (Å²) in [6.45, 7) is 2.05. The Morgan fingerprint density at radius 2 is 2.08 bits per heavy atom. The van der Waals surface area contributed by atoms with Crippen molar-refractivity contribution in [2.24, 2.45) is 0 Å². The van der Waals surface area contributed by atoms with Crippen LogP contribution in [0.5, 0.6) is 0 Å². The molecule has 0 radical (unpaired) electrons. The van der Waals surface area contributed by atoms with Gasteiger partial charge in [0.2, 0.25) is 0 Å². The molecule has 1 aliphatic rings. The number of fused-ring (bicyclic) bond motifs is 1. The molecule has 2 rings (SSSR count). The Morgan fingerprint density at radius 3 is 2.83 bits per heavy atom. The molecule has 0 saturated heterocycles. The molecule has 1 aromatic rings. The van der Waals surface area contributed by atoms with Crippen molar-refractivity contribution in [3.63, 3.8) is 0 Å². The van der Waals surface area contributed by atoms with Gasteiger partial charge in [0.25, 0.3) is 0 Å². The lowest BCUT2D eigenvalue weighted by Crippen LogP contribution is -1.91. The third kappa shape index (κ3) is 1.02. The molecule has 0 saturated carbocycles. The average Bonchev–Trinajstić information content (AvgIpc) is 2.41. The average molecular weight is 225 g/mol. The Morgan fingerprint density at radius 1 is 1.33 bits per heavy atom. The van der Waals surface area contributed by atoms with E-state index in [-0.39, 0.29) is 5.78 Å². The molecule has 0 N–H and O–H groups in total. The van der Waals surface area contributed by atoms with Crippen LogP contribution in [0.1, 0.15) is 27.9 Å². The van der Waals surface area contributed by atoms with Crippen LogP contribution in [0.4, 0.5) is 0 Å². The lowest BCUT2D eigenvalue weighted by atomic mass is 10.1. The van der Waals surface area contributed by atoms with Crippen LogP contribution in [0.25, 0.3) is 0 Å². The van der Waals surface area contributed by atoms with E-state index in [1.807, 2.05) is 19.1 Å². The van der Waals surface area contributed by atoms with Crippen molar-refractivity contribution < 1.29 is 4.79 Å². The van der Waals surface area contributed by atoms with Crippen molar-refractivity contribution in [3.05, 3.63) is 33.3 Å². The predicted molar refractivity (Wildman–Crippen MR) is 51.5 cm³/mol. The molecule has 0 aromatic heterocycles. The summed E-state index contributed by atoms with van der Waals surface area (Å²) in [6.07, 6.45) is 1.58. The highest BCUT2D eigenvalue weighted by Gasteiger charge is 2.21. The number of Topliss-reactive ketones (excluding diaryl/α,β-unsaturated/α-hetero) is 1. The molecule has 0 atom stereocenters. The lowest BCUT2D eigenvalue weighted by Gasteiger charge is -2.03. The number of ketones is 1. The summed E-state index contributed by atoms with van der Waals surface area (Å²) in [4.78, 5) is 11.3. The van der Waals surface area contributed by atoms with E-state index in [0.717, 1.165) is 16.5 Å². The normalized spacial score (nSPS) is 15.0. The van der Waals surface area contributed by atoms with Crippen LogP contribution in [-0.2, 0) is 6.42 Å². The molecule has 0 aliphatic heterocycles. The number of carbonyl (C=O) groups excluding carboxylic acids is 1. The number of benzene rings is 1. The molecular weight excluding hydrogens is 216 g/mol. The van der Waals surface area contributed by atoms with E-state index in [2.05, 4.69) is 15.9 Å². The van der Waals surface area contributed by atoms with Crippen molar-refractivity contribution in [1.82, 2.24) is 0 Å². The molecule has 0 spiro atoms. The second-order valence-electron chi connectivity index (χ2n) is 3.15. The van der Waals surface area contributed by atoms with Gasteiger partial charge in [-0.05, 0) is 24.5 Å². The third-order valence-corrected chi connectivity index (χ3v) is 3.44. The number of carbonyl (C=O) groups is 1. The van der Waals surface area contributed by atoms with Gasteiger partial charge in [-0.1, -0.05) is 28.1 Å². The van der Waals surface area contributed by atoms with Crippen LogP contribution in [0.2, 0.25) is 0 Å². The van der Waals surface area contributed by atoms with Gasteiger partial charge in [0.05, 0.1) is 0 Å². The molecule has 0 amide bonds. The highest BCUT2D eigenvalue weighted by Crippen LogP contribution is 2.31. The molecule has 1 aliphatic carbocycles. The van der Waals surface area contributed by atoms with Gasteiger partial charge in [-0.15, -0.1) is 0 Å². The van der Waals surface area contributed by atoms with E-state index in [4.69, 9.17) is 0 Å². The van der Waals surface area contributed by atoms with Gasteiger partial charge in [0.15, 0.2) is 5.78 Å². The summed E-state index contributed by atoms with van der Waals surface area (Å²) >= 11 is 3.51. The van der Waals surface area contributed by atoms with Crippen LogP contribution in [-0.4, -0.2) is 5.78 Å². The van der Waals surface area contributed by atoms with Gasteiger partial charge in [-0.25, -0.2) is 0 Å². The number of rotatable bonds is 0. The van der Waals surface area contributed by atoms with Crippen LogP contribution in [0, 0.1) is 6.92 Å². The van der Waals surface area contributed by atoms with Crippen molar-refractivity contribution in [2.75, 3.05) is 0 Å². The Bertz CT molecular complexity index is 355. The number of hydrogen-bond acceptors (Lipinski definition) is 1. The van der Waals surface area contributed by atoms with Gasteiger partial charge in [-0.3, -0.25) is 4.79 Å². The minimum Gasteiger partial charge on any atom is -0.294 e. The SMILES string of the molecule is Cc1ccc2c(c1Br)CCC2=O. The van der Waals surface area contributed by atoms with Crippen LogP contribution < -0.4 is 0 Å². The standard InChI is InChI=1S/C10H9BrO/c1-6-2-3-7-8(10(6)11)4-5-9(7)12/h2-3H,4-5H2,1H3. The molecule has 1 nitrogen and oxygen atoms in total. The summed E-state index contributed by atoms with van der Waals surface area (Å²) in [5, 5.41) is 0. The van der Waals surface area contributed by atoms with E-state index >= 15 is 0 Å². The summed E-state index contributed by atoms with van der Waals surface area (Å²) < 4.78 is 1.12. The fraction of sp³-hybridized carbons (Fsp3) is 0.300. The summed E-state index contributed by atoms with van der Waals surface area (Å²) in [5.74, 6) is 0.283. The molecular formula is C10H9BrO. The summed E-state index contributed by atoms with van der Waals surface area (Å²) in [7, 11) is 0. The molecule has 0 fully saturated rings. The largest absolute Gasteiger partial charge is 0.294 e. The van der Waals surface area contributed by atoms with E-state index in [1.165, 1.54) is 11.1 Å². The molecule has 0 heterocycles. The highest BCUT2D eigenvalue weighted by atomic mass is 79.9. The monoisotopic (exact) mass is 224 g/mol. The number of halogens is 1. The Labute approximate surface area is 79.9 Å². The maximum Gasteiger partial charge on any atom is 0.163 e. The third-order valence-electron chi connectivity index (χ3n) is 2.34. The lowest BCUT2D eigenvalue weighted by molar-refractivity contribution is 0.0994. The van der Waals surface area contributed by atoms with Crippen LogP contribution in [0.15, 0.2) is 16.6 Å². The minimum atomic E-state index is 0.283. The first kappa shape index (κ1) is 7.99. The Hall–Kier alpha value is -0.630. The zero-order chi connectivity index (χ0) is 8.72. The highest BCUT2D eigenvalue weighted by molar-refractivity contribution is 9.10. The fourth-order valence-electron chi connectivity index (χ4n) is 1.62. The van der Waals surface area contributed by atoms with Crippen molar-refractivity contribution in [3.8, 4) is 0 Å². The van der Waals surface area contributed by atoms with Gasteiger partial charge in [0.1, 0.15) is 0 Å². The summed E-state index contributed by atoms with van der Waals surface area (Å²) in [5.41, 5.74) is 3.32. The molecule has 0 unspecified atom stereocenters. The van der Waals surface area contributed by atoms with Crippen LogP contribution in [0.3, 0.4) is 0 Å². The molecule has 12 heavy (non-hydrogen) atoms. The predicted octanol–water partition coefficient (Wildman–Crippen LogP) is 2.89. The van der Waals surface area contributed by atoms with Crippen molar-refractivity contribution in [2.45, 2.75) is 19.8 Å². The molecule has 62 valence electrons. The zero-order valence-corrected chi connectivity index (χ0v) is 8.44. The molecule has 1 aromatic carbocycles. The minimum absolute atomic E-state index is 0.283. The first-order valence-corrected chi connectivity index (χ1v) is 4.80. The second kappa shape index (κ2) is 2.70. The van der Waals surface area contributed by atoms with E-state index in [9.17, 15) is 4.79 Å². The topological polar surface area (TPSA) is 17.1 Å². The Kier molecular flexibility index (Phi) is 1.80. The van der Waals surface area contributed by atoms with Crippen molar-refractivity contribution >= 4 is 21.7 Å². The van der Waals surface area contributed by atoms with Gasteiger partial charge < -0.3 is 0 Å². The van der Waals surface area contributed by atoms with Gasteiger partial charge in [0, 0.05) is 16.5 Å². The quantitative estimate of drug-likeness (QED) is 0.663. The second-order valence-corrected chi connectivity index (χ2v) is 3.94. The van der Waals surface area contributed by atoms with Gasteiger partial charge >= 0.3 is 0 Å². The molecule has 0 bridgehead atoms. The van der Waals surface area contributed by atoms with E-state index in [0.29, 0.717) is 6.42 Å². The zero-order valence-electron chi connectivity index (χ0n) is 6.86. The van der Waals surface area contributed by atoms with E-state index < -0.39 is 0 Å².